The second-order valence-corrected chi connectivity index (χ2v) is 8.48. The molecule has 10 heteroatoms. The van der Waals surface area contributed by atoms with E-state index in [0.29, 0.717) is 11.4 Å². The first-order chi connectivity index (χ1) is 14.2. The topological polar surface area (TPSA) is 110 Å². The molecule has 0 saturated carbocycles. The number of aromatic nitrogens is 2. The van der Waals surface area contributed by atoms with Gasteiger partial charge < -0.3 is 10.1 Å². The zero-order chi connectivity index (χ0) is 21.7. The Kier molecular flexibility index (Phi) is 6.53. The van der Waals surface area contributed by atoms with E-state index in [9.17, 15) is 13.2 Å². The molecular formula is C20H19ClN4O4S. The Labute approximate surface area is 179 Å². The second kappa shape index (κ2) is 9.10. The predicted molar refractivity (Wildman–Crippen MR) is 114 cm³/mol. The van der Waals surface area contributed by atoms with E-state index < -0.39 is 10.0 Å². The number of nitrogens with zero attached hydrogens (tertiary/aromatic N) is 2. The SMILES string of the molecule is Cc1cccc(OCC(=O)Nc2ccc(S(=O)(=O)Nc3ccc(Cl)nn3)cc2)c1C. The highest BCUT2D eigenvalue weighted by Gasteiger charge is 2.15. The van der Waals surface area contributed by atoms with Crippen molar-refractivity contribution in [3.8, 4) is 5.75 Å². The van der Waals surface area contributed by atoms with Gasteiger partial charge in [0, 0.05) is 5.69 Å². The normalized spacial score (nSPS) is 11.0. The quantitative estimate of drug-likeness (QED) is 0.574. The fourth-order valence-electron chi connectivity index (χ4n) is 2.51. The van der Waals surface area contributed by atoms with E-state index in [1.54, 1.807) is 6.07 Å². The Morgan fingerprint density at radius 3 is 2.43 bits per heavy atom. The monoisotopic (exact) mass is 446 g/mol. The molecule has 0 spiro atoms. The summed E-state index contributed by atoms with van der Waals surface area (Å²) in [7, 11) is -3.86. The lowest BCUT2D eigenvalue weighted by Gasteiger charge is -2.11. The third-order valence-electron chi connectivity index (χ3n) is 4.23. The molecule has 0 saturated heterocycles. The third-order valence-corrected chi connectivity index (χ3v) is 5.81. The molecule has 0 fully saturated rings. The van der Waals surface area contributed by atoms with Crippen LogP contribution in [0.2, 0.25) is 5.15 Å². The highest BCUT2D eigenvalue weighted by atomic mass is 35.5. The maximum absolute atomic E-state index is 12.4. The Morgan fingerprint density at radius 1 is 1.03 bits per heavy atom. The number of hydrogen-bond acceptors (Lipinski definition) is 6. The first kappa shape index (κ1) is 21.5. The summed E-state index contributed by atoms with van der Waals surface area (Å²) in [6, 6.07) is 14.1. The summed E-state index contributed by atoms with van der Waals surface area (Å²) in [5.74, 6) is 0.324. The zero-order valence-electron chi connectivity index (χ0n) is 16.2. The lowest BCUT2D eigenvalue weighted by atomic mass is 10.1. The predicted octanol–water partition coefficient (Wildman–Crippen LogP) is 3.57. The van der Waals surface area contributed by atoms with Gasteiger partial charge in [0.15, 0.2) is 17.6 Å². The van der Waals surface area contributed by atoms with Crippen LogP contribution in [0.5, 0.6) is 5.75 Å². The van der Waals surface area contributed by atoms with Gasteiger partial charge in [-0.05, 0) is 67.4 Å². The van der Waals surface area contributed by atoms with Crippen LogP contribution in [0.15, 0.2) is 59.5 Å². The number of nitrogens with one attached hydrogen (secondary N) is 2. The van der Waals surface area contributed by atoms with Crippen LogP contribution in [-0.4, -0.2) is 31.1 Å². The number of halogens is 1. The molecule has 0 bridgehead atoms. The van der Waals surface area contributed by atoms with Gasteiger partial charge in [-0.25, -0.2) is 8.42 Å². The van der Waals surface area contributed by atoms with Crippen molar-refractivity contribution < 1.29 is 17.9 Å². The van der Waals surface area contributed by atoms with Crippen molar-refractivity contribution in [2.75, 3.05) is 16.6 Å². The molecule has 2 aromatic carbocycles. The molecule has 8 nitrogen and oxygen atoms in total. The highest BCUT2D eigenvalue weighted by molar-refractivity contribution is 7.92. The van der Waals surface area contributed by atoms with Crippen LogP contribution in [0, 0.1) is 13.8 Å². The molecule has 1 amide bonds. The summed E-state index contributed by atoms with van der Waals surface area (Å²) < 4.78 is 32.7. The number of carbonyl (C=O) groups is 1. The van der Waals surface area contributed by atoms with E-state index in [0.717, 1.165) is 11.1 Å². The van der Waals surface area contributed by atoms with Gasteiger partial charge >= 0.3 is 0 Å². The van der Waals surface area contributed by atoms with Crippen molar-refractivity contribution in [3.63, 3.8) is 0 Å². The van der Waals surface area contributed by atoms with Gasteiger partial charge in [0.25, 0.3) is 15.9 Å². The largest absolute Gasteiger partial charge is 0.483 e. The lowest BCUT2D eigenvalue weighted by Crippen LogP contribution is -2.20. The number of benzene rings is 2. The molecular weight excluding hydrogens is 428 g/mol. The average Bonchev–Trinajstić information content (AvgIpc) is 2.71. The Hall–Kier alpha value is -3.17. The molecule has 0 radical (unpaired) electrons. The van der Waals surface area contributed by atoms with Crippen LogP contribution in [0.25, 0.3) is 0 Å². The fourth-order valence-corrected chi connectivity index (χ4v) is 3.60. The number of rotatable bonds is 7. The summed E-state index contributed by atoms with van der Waals surface area (Å²) in [6.45, 7) is 3.72. The summed E-state index contributed by atoms with van der Waals surface area (Å²) in [5, 5.41) is 10.1. The summed E-state index contributed by atoms with van der Waals surface area (Å²) in [4.78, 5) is 12.1. The van der Waals surface area contributed by atoms with Gasteiger partial charge in [-0.1, -0.05) is 23.7 Å². The summed E-state index contributed by atoms with van der Waals surface area (Å²) in [6.07, 6.45) is 0. The van der Waals surface area contributed by atoms with E-state index in [4.69, 9.17) is 16.3 Å². The first-order valence-electron chi connectivity index (χ1n) is 8.85. The fraction of sp³-hybridized carbons (Fsp3) is 0.150. The third kappa shape index (κ3) is 5.46. The standard InChI is InChI=1S/C20H19ClN4O4S/c1-13-4-3-5-17(14(13)2)29-12-20(26)22-15-6-8-16(9-7-15)30(27,28)25-19-11-10-18(21)23-24-19/h3-11H,12H2,1-2H3,(H,22,26)(H,24,25). The maximum atomic E-state index is 12.4. The first-order valence-corrected chi connectivity index (χ1v) is 10.7. The minimum absolute atomic E-state index is 0.00360. The molecule has 156 valence electrons. The Morgan fingerprint density at radius 2 is 1.77 bits per heavy atom. The lowest BCUT2D eigenvalue weighted by molar-refractivity contribution is -0.118. The molecule has 1 aromatic heterocycles. The number of aryl methyl sites for hydroxylation is 1. The molecule has 3 aromatic rings. The molecule has 3 rings (SSSR count). The number of anilines is 2. The molecule has 2 N–H and O–H groups in total. The van der Waals surface area contributed by atoms with Crippen molar-refractivity contribution >= 4 is 39.0 Å². The molecule has 30 heavy (non-hydrogen) atoms. The molecule has 0 aliphatic rings. The second-order valence-electron chi connectivity index (χ2n) is 6.41. The summed E-state index contributed by atoms with van der Waals surface area (Å²) in [5.41, 5.74) is 2.48. The number of ether oxygens (including phenoxy) is 1. The van der Waals surface area contributed by atoms with Gasteiger partial charge in [-0.2, -0.15) is 0 Å². The number of carbonyl (C=O) groups excluding carboxylic acids is 1. The van der Waals surface area contributed by atoms with Gasteiger partial charge in [0.2, 0.25) is 0 Å². The van der Waals surface area contributed by atoms with Crippen molar-refractivity contribution in [3.05, 3.63) is 70.9 Å². The Balaban J connectivity index is 1.60. The van der Waals surface area contributed by atoms with Crippen LogP contribution >= 0.6 is 11.6 Å². The zero-order valence-corrected chi connectivity index (χ0v) is 17.8. The molecule has 0 aliphatic heterocycles. The molecule has 0 atom stereocenters. The van der Waals surface area contributed by atoms with Gasteiger partial charge in [-0.15, -0.1) is 10.2 Å². The van der Waals surface area contributed by atoms with Crippen molar-refractivity contribution in [1.29, 1.82) is 0 Å². The van der Waals surface area contributed by atoms with Crippen molar-refractivity contribution in [1.82, 2.24) is 10.2 Å². The highest BCUT2D eigenvalue weighted by Crippen LogP contribution is 2.21. The van der Waals surface area contributed by atoms with Crippen LogP contribution in [0.4, 0.5) is 11.5 Å². The number of amides is 1. The number of hydrogen-bond donors (Lipinski definition) is 2. The summed E-state index contributed by atoms with van der Waals surface area (Å²) >= 11 is 5.64. The van der Waals surface area contributed by atoms with Crippen molar-refractivity contribution in [2.45, 2.75) is 18.7 Å². The maximum Gasteiger partial charge on any atom is 0.263 e. The minimum atomic E-state index is -3.86. The van der Waals surface area contributed by atoms with Gasteiger partial charge in [0.05, 0.1) is 4.90 Å². The van der Waals surface area contributed by atoms with Gasteiger partial charge in [-0.3, -0.25) is 9.52 Å². The van der Waals surface area contributed by atoms with Crippen LogP contribution < -0.4 is 14.8 Å². The van der Waals surface area contributed by atoms with Crippen LogP contribution in [-0.2, 0) is 14.8 Å². The van der Waals surface area contributed by atoms with Crippen LogP contribution in [0.1, 0.15) is 11.1 Å². The van der Waals surface area contributed by atoms with Crippen molar-refractivity contribution in [2.24, 2.45) is 0 Å². The Bertz CT molecular complexity index is 1150. The van der Waals surface area contributed by atoms with Crippen LogP contribution in [0.3, 0.4) is 0 Å². The van der Waals surface area contributed by atoms with E-state index in [1.807, 2.05) is 26.0 Å². The average molecular weight is 447 g/mol. The molecule has 1 heterocycles. The van der Waals surface area contributed by atoms with E-state index >= 15 is 0 Å². The van der Waals surface area contributed by atoms with Gasteiger partial charge in [0.1, 0.15) is 5.75 Å². The van der Waals surface area contributed by atoms with E-state index in [-0.39, 0.29) is 28.4 Å². The minimum Gasteiger partial charge on any atom is -0.483 e. The molecule has 0 unspecified atom stereocenters. The van der Waals surface area contributed by atoms with E-state index in [1.165, 1.54) is 36.4 Å². The molecule has 0 aliphatic carbocycles. The smallest absolute Gasteiger partial charge is 0.263 e. The van der Waals surface area contributed by atoms with E-state index in [2.05, 4.69) is 20.2 Å². The number of sulfonamides is 1.